The first-order valence-corrected chi connectivity index (χ1v) is 7.41. The van der Waals surface area contributed by atoms with Gasteiger partial charge in [-0.05, 0) is 13.3 Å². The highest BCUT2D eigenvalue weighted by Gasteiger charge is 2.21. The molecule has 0 saturated heterocycles. The van der Waals surface area contributed by atoms with Crippen molar-refractivity contribution in [2.24, 2.45) is 7.05 Å². The van der Waals surface area contributed by atoms with Crippen molar-refractivity contribution in [1.29, 1.82) is 0 Å². The number of carbonyl (C=O) groups excluding carboxylic acids is 1. The Kier molecular flexibility index (Phi) is 4.48. The summed E-state index contributed by atoms with van der Waals surface area (Å²) in [6, 6.07) is 0. The van der Waals surface area contributed by atoms with Crippen molar-refractivity contribution in [3.8, 4) is 0 Å². The van der Waals surface area contributed by atoms with Gasteiger partial charge in [-0.25, -0.2) is 0 Å². The van der Waals surface area contributed by atoms with Crippen LogP contribution < -0.4 is 5.32 Å². The minimum Gasteiger partial charge on any atom is -0.312 e. The van der Waals surface area contributed by atoms with Gasteiger partial charge in [0.25, 0.3) is 0 Å². The highest BCUT2D eigenvalue weighted by atomic mass is 32.2. The van der Waals surface area contributed by atoms with E-state index in [1.54, 1.807) is 10.9 Å². The van der Waals surface area contributed by atoms with Crippen LogP contribution in [0.1, 0.15) is 18.4 Å². The molecular weight excluding hydrogens is 284 g/mol. The number of aryl methyl sites for hydroxylation is 2. The van der Waals surface area contributed by atoms with Gasteiger partial charge in [-0.15, -0.1) is 20.4 Å². The first-order chi connectivity index (χ1) is 9.10. The summed E-state index contributed by atoms with van der Waals surface area (Å²) in [4.78, 5) is 12.1. The van der Waals surface area contributed by atoms with E-state index in [0.29, 0.717) is 11.6 Å². The summed E-state index contributed by atoms with van der Waals surface area (Å²) >= 11 is 2.75. The molecule has 2 rings (SSSR count). The van der Waals surface area contributed by atoms with E-state index in [9.17, 15) is 4.79 Å². The Balaban J connectivity index is 2.01. The molecule has 2 aromatic rings. The number of hydrogen-bond acceptors (Lipinski definition) is 7. The van der Waals surface area contributed by atoms with Crippen LogP contribution in [0.3, 0.4) is 0 Å². The van der Waals surface area contributed by atoms with E-state index in [1.165, 1.54) is 23.1 Å². The maximum atomic E-state index is 12.1. The molecule has 0 radical (unpaired) electrons. The number of carbonyl (C=O) groups is 1. The summed E-state index contributed by atoms with van der Waals surface area (Å²) in [7, 11) is 1.85. The highest BCUT2D eigenvalue weighted by Crippen LogP contribution is 2.24. The smallest absolute Gasteiger partial charge is 0.239 e. The van der Waals surface area contributed by atoms with E-state index in [1.807, 2.05) is 20.9 Å². The number of hydrogen-bond donors (Lipinski definition) is 1. The van der Waals surface area contributed by atoms with Crippen LogP contribution >= 0.6 is 23.1 Å². The van der Waals surface area contributed by atoms with Crippen molar-refractivity contribution in [3.05, 3.63) is 11.3 Å². The predicted octanol–water partition coefficient (Wildman–Crippen LogP) is 1.48. The molecule has 0 fully saturated rings. The number of amides is 1. The van der Waals surface area contributed by atoms with Crippen LogP contribution in [0.4, 0.5) is 5.13 Å². The molecule has 0 spiro atoms. The molecule has 2 heterocycles. The first kappa shape index (κ1) is 13.9. The van der Waals surface area contributed by atoms with Gasteiger partial charge in [0.2, 0.25) is 11.0 Å². The van der Waals surface area contributed by atoms with Crippen LogP contribution in [0.5, 0.6) is 0 Å². The number of rotatable bonds is 5. The summed E-state index contributed by atoms with van der Waals surface area (Å²) in [5.74, 6) is -0.0911. The van der Waals surface area contributed by atoms with Gasteiger partial charge >= 0.3 is 0 Å². The molecule has 0 aliphatic rings. The van der Waals surface area contributed by atoms with Crippen molar-refractivity contribution < 1.29 is 4.79 Å². The summed E-state index contributed by atoms with van der Waals surface area (Å²) in [6.45, 7) is 3.80. The number of thioether (sulfide) groups is 1. The lowest BCUT2D eigenvalue weighted by atomic mass is 10.3. The van der Waals surface area contributed by atoms with E-state index in [-0.39, 0.29) is 11.2 Å². The second-order valence-electron chi connectivity index (χ2n) is 3.85. The van der Waals surface area contributed by atoms with E-state index < -0.39 is 0 Å². The Morgan fingerprint density at radius 3 is 2.84 bits per heavy atom. The normalized spacial score (nSPS) is 12.4. The molecule has 102 valence electrons. The molecule has 19 heavy (non-hydrogen) atoms. The molecule has 0 saturated carbocycles. The van der Waals surface area contributed by atoms with Gasteiger partial charge in [0.05, 0.1) is 5.25 Å². The molecule has 1 N–H and O–H groups in total. The molecule has 0 aliphatic heterocycles. The number of aromatic nitrogens is 5. The molecular formula is C10H14N6OS2. The minimum absolute atomic E-state index is 0.0911. The average Bonchev–Trinajstić information content (AvgIpc) is 2.95. The van der Waals surface area contributed by atoms with Crippen LogP contribution in [0, 0.1) is 6.92 Å². The van der Waals surface area contributed by atoms with Gasteiger partial charge in [0.1, 0.15) is 11.3 Å². The van der Waals surface area contributed by atoms with Gasteiger partial charge < -0.3 is 4.57 Å². The lowest BCUT2D eigenvalue weighted by Gasteiger charge is -2.12. The lowest BCUT2D eigenvalue weighted by Crippen LogP contribution is -2.24. The molecule has 9 heteroatoms. The third kappa shape index (κ3) is 3.51. The fourth-order valence-electron chi connectivity index (χ4n) is 1.36. The quantitative estimate of drug-likeness (QED) is 0.842. The van der Waals surface area contributed by atoms with E-state index in [4.69, 9.17) is 0 Å². The van der Waals surface area contributed by atoms with E-state index >= 15 is 0 Å². The summed E-state index contributed by atoms with van der Waals surface area (Å²) in [5, 5.41) is 20.1. The average molecular weight is 298 g/mol. The number of nitrogens with zero attached hydrogens (tertiary/aromatic N) is 5. The maximum Gasteiger partial charge on any atom is 0.239 e. The van der Waals surface area contributed by atoms with Crippen molar-refractivity contribution in [2.75, 3.05) is 5.32 Å². The standard InChI is InChI=1S/C10H14N6OS2/c1-4-7(19-10-15-11-5-16(10)3)8(17)12-9-14-13-6(2)18-9/h5,7H,4H2,1-3H3,(H,12,14,17)/t7-/m1/s1. The van der Waals surface area contributed by atoms with Crippen LogP contribution in [0.15, 0.2) is 11.5 Å². The number of nitrogens with one attached hydrogen (secondary N) is 1. The molecule has 7 nitrogen and oxygen atoms in total. The Bertz CT molecular complexity index is 566. The lowest BCUT2D eigenvalue weighted by molar-refractivity contribution is -0.115. The monoisotopic (exact) mass is 298 g/mol. The topological polar surface area (TPSA) is 85.6 Å². The summed E-state index contributed by atoms with van der Waals surface area (Å²) in [5.41, 5.74) is 0. The first-order valence-electron chi connectivity index (χ1n) is 5.71. The Morgan fingerprint density at radius 1 is 1.53 bits per heavy atom. The molecule has 0 bridgehead atoms. The Labute approximate surface area is 118 Å². The van der Waals surface area contributed by atoms with Crippen LogP contribution in [-0.4, -0.2) is 36.1 Å². The largest absolute Gasteiger partial charge is 0.312 e. The molecule has 2 aromatic heterocycles. The van der Waals surface area contributed by atoms with Gasteiger partial charge in [-0.3, -0.25) is 10.1 Å². The van der Waals surface area contributed by atoms with Gasteiger partial charge in [-0.1, -0.05) is 30.0 Å². The molecule has 1 amide bonds. The van der Waals surface area contributed by atoms with Crippen molar-refractivity contribution in [3.63, 3.8) is 0 Å². The minimum atomic E-state index is -0.230. The SMILES string of the molecule is CC[C@@H](Sc1nncn1C)C(=O)Nc1nnc(C)s1. The summed E-state index contributed by atoms with van der Waals surface area (Å²) < 4.78 is 1.79. The van der Waals surface area contributed by atoms with E-state index in [2.05, 4.69) is 25.7 Å². The van der Waals surface area contributed by atoms with Crippen molar-refractivity contribution in [2.45, 2.75) is 30.7 Å². The fourth-order valence-corrected chi connectivity index (χ4v) is 2.85. The van der Waals surface area contributed by atoms with Crippen LogP contribution in [0.25, 0.3) is 0 Å². The zero-order valence-electron chi connectivity index (χ0n) is 10.8. The molecule has 0 aliphatic carbocycles. The predicted molar refractivity (Wildman–Crippen MR) is 74.2 cm³/mol. The zero-order chi connectivity index (χ0) is 13.8. The van der Waals surface area contributed by atoms with Gasteiger partial charge in [0.15, 0.2) is 5.16 Å². The zero-order valence-corrected chi connectivity index (χ0v) is 12.5. The fraction of sp³-hybridized carbons (Fsp3) is 0.500. The van der Waals surface area contributed by atoms with Crippen molar-refractivity contribution >= 4 is 34.1 Å². The van der Waals surface area contributed by atoms with Crippen LogP contribution in [-0.2, 0) is 11.8 Å². The highest BCUT2D eigenvalue weighted by molar-refractivity contribution is 8.00. The van der Waals surface area contributed by atoms with Gasteiger partial charge in [-0.2, -0.15) is 0 Å². The third-order valence-corrected chi connectivity index (χ3v) is 4.50. The van der Waals surface area contributed by atoms with Crippen molar-refractivity contribution in [1.82, 2.24) is 25.0 Å². The maximum absolute atomic E-state index is 12.1. The molecule has 0 unspecified atom stereocenters. The second kappa shape index (κ2) is 6.11. The van der Waals surface area contributed by atoms with Crippen LogP contribution in [0.2, 0.25) is 0 Å². The number of anilines is 1. The second-order valence-corrected chi connectivity index (χ2v) is 6.21. The third-order valence-electron chi connectivity index (χ3n) is 2.34. The Hall–Kier alpha value is -1.48. The molecule has 0 aromatic carbocycles. The summed E-state index contributed by atoms with van der Waals surface area (Å²) in [6.07, 6.45) is 2.31. The Morgan fingerprint density at radius 2 is 2.32 bits per heavy atom. The van der Waals surface area contributed by atoms with E-state index in [0.717, 1.165) is 10.2 Å². The molecule has 1 atom stereocenters. The van der Waals surface area contributed by atoms with Gasteiger partial charge in [0, 0.05) is 7.05 Å².